The zero-order valence-corrected chi connectivity index (χ0v) is 12.1. The van der Waals surface area contributed by atoms with Crippen molar-refractivity contribution in [1.29, 1.82) is 0 Å². The molecule has 0 heterocycles. The van der Waals surface area contributed by atoms with Crippen molar-refractivity contribution in [1.82, 2.24) is 0 Å². The van der Waals surface area contributed by atoms with Gasteiger partial charge in [-0.1, -0.05) is 0 Å². The third-order valence-corrected chi connectivity index (χ3v) is 4.01. The van der Waals surface area contributed by atoms with Crippen molar-refractivity contribution < 1.29 is 49.5 Å². The van der Waals surface area contributed by atoms with Crippen molar-refractivity contribution in [3.05, 3.63) is 38.2 Å². The molecule has 0 bridgehead atoms. The molecule has 1 aromatic rings. The largest absolute Gasteiger partial charge is 1.00 e. The Balaban J connectivity index is 0.000000845. The van der Waals surface area contributed by atoms with Crippen molar-refractivity contribution in [2.24, 2.45) is 0 Å². The van der Waals surface area contributed by atoms with Gasteiger partial charge in [0.2, 0.25) is 0 Å². The predicted molar refractivity (Wildman–Crippen MR) is 47.6 cm³/mol. The number of allylic oxidation sites excluding steroid dienone is 1. The molecule has 1 unspecified atom stereocenters. The van der Waals surface area contributed by atoms with E-state index in [1.54, 1.807) is 28.0 Å². The van der Waals surface area contributed by atoms with Crippen LogP contribution in [0, 0.1) is 6.92 Å². The average Bonchev–Trinajstić information content (AvgIpc) is 2.32. The molecule has 0 amide bonds. The summed E-state index contributed by atoms with van der Waals surface area (Å²) in [7, 11) is 0. The number of fused-ring (bicyclic) bond motifs is 1. The van der Waals surface area contributed by atoms with Crippen LogP contribution in [0.5, 0.6) is 0 Å². The van der Waals surface area contributed by atoms with Gasteiger partial charge in [0.25, 0.3) is 0 Å². The van der Waals surface area contributed by atoms with Crippen LogP contribution in [0.25, 0.3) is 6.08 Å². The van der Waals surface area contributed by atoms with E-state index in [-0.39, 0.29) is 24.8 Å². The zero-order valence-electron chi connectivity index (χ0n) is 8.14. The van der Waals surface area contributed by atoms with Crippen LogP contribution in [0.1, 0.15) is 29.5 Å². The van der Waals surface area contributed by atoms with E-state index in [0.29, 0.717) is 5.92 Å². The van der Waals surface area contributed by atoms with Crippen molar-refractivity contribution in [3.63, 3.8) is 0 Å². The monoisotopic (exact) mass is 303 g/mol. The summed E-state index contributed by atoms with van der Waals surface area (Å²) >= 11 is 1.56. The molecule has 1 aliphatic rings. The van der Waals surface area contributed by atoms with Crippen LogP contribution < -0.4 is 24.8 Å². The zero-order chi connectivity index (χ0) is 8.72. The molecule has 1 aromatic carbocycles. The fourth-order valence-electron chi connectivity index (χ4n) is 1.73. The van der Waals surface area contributed by atoms with E-state index in [9.17, 15) is 0 Å². The third-order valence-electron chi connectivity index (χ3n) is 2.59. The minimum atomic E-state index is 0. The van der Waals surface area contributed by atoms with Crippen LogP contribution >= 0.6 is 0 Å². The van der Waals surface area contributed by atoms with Gasteiger partial charge in [0.1, 0.15) is 0 Å². The van der Waals surface area contributed by atoms with Gasteiger partial charge in [-0.05, 0) is 0 Å². The maximum absolute atomic E-state index is 2.35. The second-order valence-corrected chi connectivity index (χ2v) is 4.82. The molecule has 0 nitrogen and oxygen atoms in total. The van der Waals surface area contributed by atoms with E-state index in [0.717, 1.165) is 0 Å². The molecule has 0 N–H and O–H groups in total. The van der Waals surface area contributed by atoms with Gasteiger partial charge in [0, 0.05) is 0 Å². The van der Waals surface area contributed by atoms with Gasteiger partial charge in [-0.2, -0.15) is 0 Å². The maximum atomic E-state index is 2.35. The average molecular weight is 305 g/mol. The molecule has 0 radical (unpaired) electrons. The smallest absolute Gasteiger partial charge is 1.00 e. The van der Waals surface area contributed by atoms with E-state index >= 15 is 0 Å². The van der Waals surface area contributed by atoms with Gasteiger partial charge in [0.05, 0.1) is 0 Å². The number of hydrogen-bond acceptors (Lipinski definition) is 0. The van der Waals surface area contributed by atoms with Gasteiger partial charge in [-0.15, -0.1) is 0 Å². The van der Waals surface area contributed by atoms with Gasteiger partial charge in [0.15, 0.2) is 0 Å². The number of benzene rings is 1. The van der Waals surface area contributed by atoms with E-state index in [1.165, 1.54) is 16.7 Å². The molecular formula is C11H11Cl2Zr. The molecule has 0 saturated carbocycles. The Morgan fingerprint density at radius 2 is 1.86 bits per heavy atom. The summed E-state index contributed by atoms with van der Waals surface area (Å²) in [5.74, 6) is 0.665. The summed E-state index contributed by atoms with van der Waals surface area (Å²) in [5, 5.41) is 0. The van der Waals surface area contributed by atoms with Gasteiger partial charge >= 0.3 is 88.7 Å². The second-order valence-electron chi connectivity index (χ2n) is 3.40. The second kappa shape index (κ2) is 5.49. The SMILES string of the molecule is Cc1cccc2c1C=[C]([Zr+2])C2C.[Cl-].[Cl-]. The molecule has 2 rings (SSSR count). The maximum Gasteiger partial charge on any atom is -1.00 e. The Bertz CT molecular complexity index is 358. The molecule has 0 aromatic heterocycles. The van der Waals surface area contributed by atoms with E-state index < -0.39 is 0 Å². The molecule has 73 valence electrons. The summed E-state index contributed by atoms with van der Waals surface area (Å²) in [5.41, 5.74) is 4.40. The Morgan fingerprint density at radius 3 is 2.43 bits per heavy atom. The first-order chi connectivity index (χ1) is 5.70. The molecular weight excluding hydrogens is 294 g/mol. The number of hydrogen-bond donors (Lipinski definition) is 0. The summed E-state index contributed by atoms with van der Waals surface area (Å²) in [4.78, 5) is 0. The summed E-state index contributed by atoms with van der Waals surface area (Å²) in [6, 6.07) is 6.60. The minimum absolute atomic E-state index is 0. The van der Waals surface area contributed by atoms with Crippen LogP contribution in [0.2, 0.25) is 0 Å². The fraction of sp³-hybridized carbons (Fsp3) is 0.273. The van der Waals surface area contributed by atoms with E-state index in [4.69, 9.17) is 0 Å². The van der Waals surface area contributed by atoms with Crippen LogP contribution in [0.4, 0.5) is 0 Å². The van der Waals surface area contributed by atoms with Crippen molar-refractivity contribution in [2.45, 2.75) is 19.8 Å². The quantitative estimate of drug-likeness (QED) is 0.480. The van der Waals surface area contributed by atoms with E-state index in [2.05, 4.69) is 38.1 Å². The van der Waals surface area contributed by atoms with Crippen molar-refractivity contribution in [2.75, 3.05) is 0 Å². The normalized spacial score (nSPS) is 17.7. The van der Waals surface area contributed by atoms with E-state index in [1.807, 2.05) is 0 Å². The number of rotatable bonds is 0. The van der Waals surface area contributed by atoms with Gasteiger partial charge in [-0.3, -0.25) is 0 Å². The molecule has 1 atom stereocenters. The predicted octanol–water partition coefficient (Wildman–Crippen LogP) is -2.99. The number of aryl methyl sites for hydroxylation is 1. The first-order valence-corrected chi connectivity index (χ1v) is 5.46. The molecule has 3 heteroatoms. The summed E-state index contributed by atoms with van der Waals surface area (Å²) < 4.78 is 1.58. The topological polar surface area (TPSA) is 0 Å². The Kier molecular flexibility index (Phi) is 5.66. The van der Waals surface area contributed by atoms with Gasteiger partial charge < -0.3 is 24.8 Å². The first kappa shape index (κ1) is 14.4. The standard InChI is InChI=1S/C11H11.2ClH.Zr/c1-8-4-3-5-10-9(2)6-7-11(8)10;;;/h3-5,7,9H,1-2H3;2*1H;/q;;;+2/p-2. The molecule has 14 heavy (non-hydrogen) atoms. The summed E-state index contributed by atoms with van der Waals surface area (Å²) in [6.45, 7) is 4.49. The van der Waals surface area contributed by atoms with Crippen LogP contribution in [0.3, 0.4) is 0 Å². The minimum Gasteiger partial charge on any atom is -1.00 e. The molecule has 0 saturated heterocycles. The number of halogens is 2. The first-order valence-electron chi connectivity index (χ1n) is 4.23. The Morgan fingerprint density at radius 1 is 1.21 bits per heavy atom. The van der Waals surface area contributed by atoms with Gasteiger partial charge in [-0.25, -0.2) is 0 Å². The Labute approximate surface area is 113 Å². The van der Waals surface area contributed by atoms with Crippen molar-refractivity contribution >= 4 is 6.08 Å². The molecule has 0 spiro atoms. The molecule has 1 aliphatic carbocycles. The fourth-order valence-corrected chi connectivity index (χ4v) is 2.46. The van der Waals surface area contributed by atoms with Crippen molar-refractivity contribution in [3.8, 4) is 0 Å². The van der Waals surface area contributed by atoms with Crippen LogP contribution in [-0.4, -0.2) is 0 Å². The Hall–Kier alpha value is 0.423. The van der Waals surface area contributed by atoms with Crippen LogP contribution in [0.15, 0.2) is 21.5 Å². The summed E-state index contributed by atoms with van der Waals surface area (Å²) in [6.07, 6.45) is 2.35. The molecule has 0 fully saturated rings. The van der Waals surface area contributed by atoms with Crippen LogP contribution in [-0.2, 0) is 24.7 Å². The molecule has 0 aliphatic heterocycles. The third kappa shape index (κ3) is 2.32.